The number of ketones is 3. The Morgan fingerprint density at radius 1 is 0.543 bits per heavy atom. The predicted octanol–water partition coefficient (Wildman–Crippen LogP) is 5.16. The molecule has 4 rings (SSSR count). The molecule has 0 fully saturated rings. The first-order valence-electron chi connectivity index (χ1n) is 22.8. The first kappa shape index (κ1) is 57.2. The highest BCUT2D eigenvalue weighted by molar-refractivity contribution is 6.09. The molecule has 4 unspecified atom stereocenters. The summed E-state index contributed by atoms with van der Waals surface area (Å²) >= 11 is 0. The maximum atomic E-state index is 14.4. The average Bonchev–Trinajstić information content (AvgIpc) is 3.27. The number of carboxylic acid groups (broad SMARTS) is 1. The molecule has 0 heterocycles. The van der Waals surface area contributed by atoms with Crippen molar-refractivity contribution in [3.63, 3.8) is 0 Å². The van der Waals surface area contributed by atoms with Crippen molar-refractivity contribution in [1.82, 2.24) is 26.6 Å². The Hall–Kier alpha value is -7.07. The molecule has 376 valence electrons. The molecule has 0 aliphatic carbocycles. The van der Waals surface area contributed by atoms with E-state index in [-0.39, 0.29) is 38.3 Å². The number of carbonyl (C=O) groups is 9. The van der Waals surface area contributed by atoms with Crippen LogP contribution in [-0.4, -0.2) is 92.2 Å². The van der Waals surface area contributed by atoms with Crippen LogP contribution >= 0.6 is 0 Å². The van der Waals surface area contributed by atoms with Gasteiger partial charge in [-0.05, 0) is 90.6 Å². The van der Waals surface area contributed by atoms with E-state index in [0.717, 1.165) is 10.8 Å². The lowest BCUT2D eigenvalue weighted by Crippen LogP contribution is -2.62. The SMILES string of the molecule is C.CC(CC(=O)C(C)(C)N)C(=O)NC(C)(C)C(=O)NC(Cc1ccc2ccccc2c1)C(=O)NC(C)(C)C(=O)CC(Cc1ccc(C(=O)c2ccccc2)cc1)C(=O)NC(C)(C)C(=O)NC(C)C(=O)O. The number of fused-ring (bicyclic) bond motifs is 1. The van der Waals surface area contributed by atoms with Crippen LogP contribution in [0.15, 0.2) is 97.1 Å². The van der Waals surface area contributed by atoms with Crippen molar-refractivity contribution in [2.24, 2.45) is 17.6 Å². The summed E-state index contributed by atoms with van der Waals surface area (Å²) in [5, 5.41) is 24.4. The number of benzene rings is 4. The summed E-state index contributed by atoms with van der Waals surface area (Å²) in [6.45, 7) is 14.5. The highest BCUT2D eigenvalue weighted by Gasteiger charge is 2.40. The molecular weight excluding hydrogens is 893 g/mol. The number of aliphatic carboxylic acids is 1. The van der Waals surface area contributed by atoms with Gasteiger partial charge in [0, 0.05) is 42.2 Å². The second kappa shape index (κ2) is 23.5. The summed E-state index contributed by atoms with van der Waals surface area (Å²) in [5.74, 6) is -7.93. The van der Waals surface area contributed by atoms with Gasteiger partial charge in [-0.25, -0.2) is 0 Å². The van der Waals surface area contributed by atoms with Crippen LogP contribution in [0.3, 0.4) is 0 Å². The van der Waals surface area contributed by atoms with Crippen molar-refractivity contribution in [2.45, 2.75) is 137 Å². The zero-order valence-corrected chi connectivity index (χ0v) is 41.1. The van der Waals surface area contributed by atoms with E-state index in [2.05, 4.69) is 26.6 Å². The summed E-state index contributed by atoms with van der Waals surface area (Å²) in [6.07, 6.45) is -0.676. The molecule has 0 bridgehead atoms. The van der Waals surface area contributed by atoms with Gasteiger partial charge in [0.15, 0.2) is 17.3 Å². The number of rotatable bonds is 23. The zero-order valence-electron chi connectivity index (χ0n) is 41.1. The topological polar surface area (TPSA) is 260 Å². The second-order valence-corrected chi connectivity index (χ2v) is 20.0. The minimum absolute atomic E-state index is 0. The maximum Gasteiger partial charge on any atom is 0.325 e. The number of amides is 5. The van der Waals surface area contributed by atoms with E-state index in [1.807, 2.05) is 42.5 Å². The Morgan fingerprint density at radius 2 is 1.04 bits per heavy atom. The molecule has 4 aromatic rings. The summed E-state index contributed by atoms with van der Waals surface area (Å²) in [4.78, 5) is 121. The Bertz CT molecular complexity index is 2580. The molecule has 16 heteroatoms. The molecule has 0 saturated carbocycles. The quantitative estimate of drug-likeness (QED) is 0.0478. The highest BCUT2D eigenvalue weighted by atomic mass is 16.4. The van der Waals surface area contributed by atoms with Crippen LogP contribution in [0.1, 0.15) is 117 Å². The van der Waals surface area contributed by atoms with Gasteiger partial charge in [0.1, 0.15) is 23.2 Å². The Kier molecular flexibility index (Phi) is 19.2. The van der Waals surface area contributed by atoms with Crippen molar-refractivity contribution >= 4 is 63.6 Å². The van der Waals surface area contributed by atoms with Gasteiger partial charge in [0.25, 0.3) is 0 Å². The molecule has 0 saturated heterocycles. The lowest BCUT2D eigenvalue weighted by Gasteiger charge is -2.32. The number of Topliss-reactive ketones (excluding diaryl/α,β-unsaturated/α-hetero) is 2. The normalized spacial score (nSPS) is 13.5. The smallest absolute Gasteiger partial charge is 0.325 e. The Balaban J connectivity index is 0.0000130. The van der Waals surface area contributed by atoms with E-state index < -0.39 is 93.8 Å². The monoisotopic (exact) mass is 963 g/mol. The fourth-order valence-electron chi connectivity index (χ4n) is 7.21. The van der Waals surface area contributed by atoms with Crippen LogP contribution < -0.4 is 32.3 Å². The first-order chi connectivity index (χ1) is 32.0. The molecule has 16 nitrogen and oxygen atoms in total. The van der Waals surface area contributed by atoms with E-state index in [4.69, 9.17) is 5.73 Å². The summed E-state index contributed by atoms with van der Waals surface area (Å²) in [6, 6.07) is 25.8. The second-order valence-electron chi connectivity index (χ2n) is 20.0. The van der Waals surface area contributed by atoms with Crippen LogP contribution in [0, 0.1) is 11.8 Å². The number of hydrogen-bond donors (Lipinski definition) is 7. The molecule has 0 aliphatic heterocycles. The summed E-state index contributed by atoms with van der Waals surface area (Å²) in [5.41, 5.74) is 2.04. The third-order valence-corrected chi connectivity index (χ3v) is 11.9. The van der Waals surface area contributed by atoms with Gasteiger partial charge in [0.2, 0.25) is 29.5 Å². The molecule has 8 N–H and O–H groups in total. The van der Waals surface area contributed by atoms with Crippen LogP contribution in [0.25, 0.3) is 10.8 Å². The van der Waals surface area contributed by atoms with Crippen molar-refractivity contribution in [2.75, 3.05) is 0 Å². The predicted molar refractivity (Wildman–Crippen MR) is 268 cm³/mol. The van der Waals surface area contributed by atoms with Gasteiger partial charge in [0.05, 0.1) is 11.1 Å². The number of carbonyl (C=O) groups excluding carboxylic acids is 8. The van der Waals surface area contributed by atoms with Crippen molar-refractivity contribution in [3.8, 4) is 0 Å². The molecule has 0 aliphatic rings. The summed E-state index contributed by atoms with van der Waals surface area (Å²) < 4.78 is 0. The number of nitrogens with one attached hydrogen (secondary N) is 5. The lowest BCUT2D eigenvalue weighted by molar-refractivity contribution is -0.143. The van der Waals surface area contributed by atoms with Crippen molar-refractivity contribution < 1.29 is 48.3 Å². The van der Waals surface area contributed by atoms with Gasteiger partial charge in [-0.3, -0.25) is 43.2 Å². The molecular formula is C54H70N6O10. The number of hydrogen-bond acceptors (Lipinski definition) is 10. The van der Waals surface area contributed by atoms with Crippen molar-refractivity contribution in [3.05, 3.63) is 119 Å². The number of nitrogens with two attached hydrogens (primary N) is 1. The van der Waals surface area contributed by atoms with Gasteiger partial charge in [-0.1, -0.05) is 111 Å². The minimum atomic E-state index is -1.65. The Morgan fingerprint density at radius 3 is 1.61 bits per heavy atom. The van der Waals surface area contributed by atoms with Crippen LogP contribution in [-0.2, 0) is 51.2 Å². The fourth-order valence-corrected chi connectivity index (χ4v) is 7.21. The molecule has 5 amide bonds. The molecule has 0 radical (unpaired) electrons. The summed E-state index contributed by atoms with van der Waals surface area (Å²) in [7, 11) is 0. The van der Waals surface area contributed by atoms with E-state index >= 15 is 0 Å². The molecule has 4 aromatic carbocycles. The molecule has 0 spiro atoms. The fraction of sp³-hybridized carbons (Fsp3) is 0.426. The third-order valence-electron chi connectivity index (χ3n) is 11.9. The van der Waals surface area contributed by atoms with Crippen molar-refractivity contribution in [1.29, 1.82) is 0 Å². The molecule has 70 heavy (non-hydrogen) atoms. The maximum absolute atomic E-state index is 14.4. The van der Waals surface area contributed by atoms with E-state index in [0.29, 0.717) is 22.3 Å². The van der Waals surface area contributed by atoms with Crippen LogP contribution in [0.2, 0.25) is 0 Å². The Labute approximate surface area is 410 Å². The van der Waals surface area contributed by atoms with Crippen LogP contribution in [0.5, 0.6) is 0 Å². The van der Waals surface area contributed by atoms with Gasteiger partial charge in [-0.2, -0.15) is 0 Å². The van der Waals surface area contributed by atoms with E-state index in [9.17, 15) is 48.3 Å². The van der Waals surface area contributed by atoms with Gasteiger partial charge >= 0.3 is 5.97 Å². The zero-order chi connectivity index (χ0) is 51.6. The van der Waals surface area contributed by atoms with Gasteiger partial charge < -0.3 is 37.4 Å². The first-order valence-corrected chi connectivity index (χ1v) is 22.8. The third kappa shape index (κ3) is 15.7. The molecule has 0 aromatic heterocycles. The van der Waals surface area contributed by atoms with Crippen LogP contribution in [0.4, 0.5) is 0 Å². The highest BCUT2D eigenvalue weighted by Crippen LogP contribution is 2.23. The van der Waals surface area contributed by atoms with E-state index in [1.54, 1.807) is 61.5 Å². The minimum Gasteiger partial charge on any atom is -0.480 e. The van der Waals surface area contributed by atoms with E-state index in [1.165, 1.54) is 62.3 Å². The largest absolute Gasteiger partial charge is 0.480 e. The lowest BCUT2D eigenvalue weighted by atomic mass is 9.85. The number of carboxylic acids is 1. The average molecular weight is 963 g/mol. The standard InChI is InChI=1S/C53H66N6O10.CH4/c1-31(26-41(60)50(3,4)54)44(63)57-53(9,10)49(69)56-40(29-34-22-23-35-16-14-15-19-38(35)28-34)46(65)59-51(5,6)42(61)30-39(45(64)58-52(7,8)48(68)55-32(2)47(66)67)27-33-20-24-37(25-21-33)43(62)36-17-12-11-13-18-36;/h11-25,28,31-32,39-40H,26-27,29-30,54H2,1-10H3,(H,55,68)(H,56,69)(H,57,63)(H,58,64)(H,59,65)(H,66,67);1H4. The van der Waals surface area contributed by atoms with Gasteiger partial charge in [-0.15, -0.1) is 0 Å². The molecule has 4 atom stereocenters.